The third kappa shape index (κ3) is 5.22. The Bertz CT molecular complexity index is 167. The quantitative estimate of drug-likeness (QED) is 0.506. The van der Waals surface area contributed by atoms with Gasteiger partial charge in [-0.25, -0.2) is 0 Å². The van der Waals surface area contributed by atoms with E-state index in [0.29, 0.717) is 6.61 Å². The summed E-state index contributed by atoms with van der Waals surface area (Å²) in [6.07, 6.45) is 3.01. The molecular formula is C11H23NO2. The van der Waals surface area contributed by atoms with Crippen LogP contribution in [0.5, 0.6) is 0 Å². The maximum atomic E-state index is 11.6. The van der Waals surface area contributed by atoms with Crippen LogP contribution in [-0.2, 0) is 9.53 Å². The first-order valence-corrected chi connectivity index (χ1v) is 5.46. The van der Waals surface area contributed by atoms with E-state index in [1.54, 1.807) is 0 Å². The summed E-state index contributed by atoms with van der Waals surface area (Å²) in [6, 6.07) is 0. The van der Waals surface area contributed by atoms with Crippen LogP contribution in [0.4, 0.5) is 0 Å². The molecule has 0 amide bonds. The van der Waals surface area contributed by atoms with Crippen LogP contribution in [0, 0.1) is 0 Å². The first-order valence-electron chi connectivity index (χ1n) is 5.46. The van der Waals surface area contributed by atoms with Crippen LogP contribution in [0.3, 0.4) is 0 Å². The molecule has 1 N–H and O–H groups in total. The highest BCUT2D eigenvalue weighted by atomic mass is 16.5. The van der Waals surface area contributed by atoms with Crippen molar-refractivity contribution in [3.05, 3.63) is 0 Å². The summed E-state index contributed by atoms with van der Waals surface area (Å²) in [6.45, 7) is 9.25. The SMILES string of the molecule is CCCCOC(=O)C(C)(C)NCCC. The molecule has 0 bridgehead atoms. The zero-order chi connectivity index (χ0) is 11.0. The first kappa shape index (κ1) is 13.4. The molecule has 3 heteroatoms. The molecular weight excluding hydrogens is 178 g/mol. The average Bonchev–Trinajstić information content (AvgIpc) is 2.15. The smallest absolute Gasteiger partial charge is 0.325 e. The second-order valence-corrected chi connectivity index (χ2v) is 4.04. The Hall–Kier alpha value is -0.570. The number of hydrogen-bond donors (Lipinski definition) is 1. The monoisotopic (exact) mass is 201 g/mol. The summed E-state index contributed by atoms with van der Waals surface area (Å²) in [4.78, 5) is 11.6. The van der Waals surface area contributed by atoms with E-state index in [2.05, 4.69) is 19.2 Å². The molecule has 0 aliphatic rings. The number of nitrogens with one attached hydrogen (secondary N) is 1. The van der Waals surface area contributed by atoms with Crippen LogP contribution in [-0.4, -0.2) is 24.7 Å². The van der Waals surface area contributed by atoms with Crippen LogP contribution in [0.1, 0.15) is 47.0 Å². The zero-order valence-corrected chi connectivity index (χ0v) is 9.85. The van der Waals surface area contributed by atoms with Crippen molar-refractivity contribution in [3.8, 4) is 0 Å². The average molecular weight is 201 g/mol. The van der Waals surface area contributed by atoms with Gasteiger partial charge in [-0.2, -0.15) is 0 Å². The number of carbonyl (C=O) groups excluding carboxylic acids is 1. The van der Waals surface area contributed by atoms with Crippen molar-refractivity contribution in [2.75, 3.05) is 13.2 Å². The van der Waals surface area contributed by atoms with Gasteiger partial charge in [0.1, 0.15) is 5.54 Å². The Morgan fingerprint density at radius 1 is 1.29 bits per heavy atom. The minimum atomic E-state index is -0.552. The first-order chi connectivity index (χ1) is 6.54. The predicted octanol–water partition coefficient (Wildman–Crippen LogP) is 2.11. The van der Waals surface area contributed by atoms with Gasteiger partial charge in [-0.15, -0.1) is 0 Å². The standard InChI is InChI=1S/C11H23NO2/c1-5-7-9-14-10(13)11(3,4)12-8-6-2/h12H,5-9H2,1-4H3. The zero-order valence-electron chi connectivity index (χ0n) is 9.85. The van der Waals surface area contributed by atoms with Gasteiger partial charge in [0.05, 0.1) is 6.61 Å². The number of rotatable bonds is 7. The van der Waals surface area contributed by atoms with Crippen molar-refractivity contribution >= 4 is 5.97 Å². The maximum absolute atomic E-state index is 11.6. The van der Waals surface area contributed by atoms with E-state index in [4.69, 9.17) is 4.74 Å². The number of hydrogen-bond acceptors (Lipinski definition) is 3. The van der Waals surface area contributed by atoms with Gasteiger partial charge in [-0.1, -0.05) is 20.3 Å². The fourth-order valence-electron chi connectivity index (χ4n) is 0.999. The Balaban J connectivity index is 3.82. The van der Waals surface area contributed by atoms with E-state index in [1.807, 2.05) is 13.8 Å². The van der Waals surface area contributed by atoms with Crippen molar-refractivity contribution < 1.29 is 9.53 Å². The van der Waals surface area contributed by atoms with Crippen molar-refractivity contribution in [1.82, 2.24) is 5.32 Å². The lowest BCUT2D eigenvalue weighted by Crippen LogP contribution is -2.48. The molecule has 84 valence electrons. The second-order valence-electron chi connectivity index (χ2n) is 4.04. The van der Waals surface area contributed by atoms with Crippen molar-refractivity contribution in [2.45, 2.75) is 52.5 Å². The van der Waals surface area contributed by atoms with E-state index in [0.717, 1.165) is 25.8 Å². The normalized spacial score (nSPS) is 11.4. The molecule has 0 aliphatic carbocycles. The lowest BCUT2D eigenvalue weighted by Gasteiger charge is -2.23. The van der Waals surface area contributed by atoms with E-state index in [1.165, 1.54) is 0 Å². The van der Waals surface area contributed by atoms with Gasteiger partial charge < -0.3 is 10.1 Å². The Kier molecular flexibility index (Phi) is 6.54. The van der Waals surface area contributed by atoms with Gasteiger partial charge in [-0.3, -0.25) is 4.79 Å². The fraction of sp³-hybridized carbons (Fsp3) is 0.909. The lowest BCUT2D eigenvalue weighted by atomic mass is 10.1. The second kappa shape index (κ2) is 6.82. The van der Waals surface area contributed by atoms with E-state index in [9.17, 15) is 4.79 Å². The van der Waals surface area contributed by atoms with Crippen LogP contribution < -0.4 is 5.32 Å². The molecule has 0 atom stereocenters. The molecule has 0 unspecified atom stereocenters. The molecule has 0 saturated carbocycles. The lowest BCUT2D eigenvalue weighted by molar-refractivity contribution is -0.150. The van der Waals surface area contributed by atoms with Gasteiger partial charge >= 0.3 is 5.97 Å². The summed E-state index contributed by atoms with van der Waals surface area (Å²) >= 11 is 0. The molecule has 0 heterocycles. The van der Waals surface area contributed by atoms with Crippen molar-refractivity contribution in [3.63, 3.8) is 0 Å². The van der Waals surface area contributed by atoms with Crippen molar-refractivity contribution in [1.29, 1.82) is 0 Å². The Morgan fingerprint density at radius 3 is 2.43 bits per heavy atom. The minimum absolute atomic E-state index is 0.153. The summed E-state index contributed by atoms with van der Waals surface area (Å²) in [5.41, 5.74) is -0.552. The van der Waals surface area contributed by atoms with Gasteiger partial charge in [-0.05, 0) is 33.2 Å². The van der Waals surface area contributed by atoms with E-state index >= 15 is 0 Å². The summed E-state index contributed by atoms with van der Waals surface area (Å²) in [5.74, 6) is -0.153. The van der Waals surface area contributed by atoms with E-state index in [-0.39, 0.29) is 5.97 Å². The van der Waals surface area contributed by atoms with Gasteiger partial charge in [0, 0.05) is 0 Å². The largest absolute Gasteiger partial charge is 0.464 e. The predicted molar refractivity (Wildman–Crippen MR) is 58.2 cm³/mol. The third-order valence-electron chi connectivity index (χ3n) is 2.06. The van der Waals surface area contributed by atoms with Gasteiger partial charge in [0.15, 0.2) is 0 Å². The number of ether oxygens (including phenoxy) is 1. The van der Waals surface area contributed by atoms with E-state index < -0.39 is 5.54 Å². The number of carbonyl (C=O) groups is 1. The van der Waals surface area contributed by atoms with Gasteiger partial charge in [0.25, 0.3) is 0 Å². The van der Waals surface area contributed by atoms with Crippen LogP contribution >= 0.6 is 0 Å². The minimum Gasteiger partial charge on any atom is -0.464 e. The molecule has 0 aromatic carbocycles. The van der Waals surface area contributed by atoms with Crippen LogP contribution in [0.2, 0.25) is 0 Å². The van der Waals surface area contributed by atoms with Gasteiger partial charge in [0.2, 0.25) is 0 Å². The molecule has 3 nitrogen and oxygen atoms in total. The summed E-state index contributed by atoms with van der Waals surface area (Å²) in [7, 11) is 0. The van der Waals surface area contributed by atoms with Crippen molar-refractivity contribution in [2.24, 2.45) is 0 Å². The summed E-state index contributed by atoms with van der Waals surface area (Å²) < 4.78 is 5.14. The molecule has 0 saturated heterocycles. The highest BCUT2D eigenvalue weighted by Crippen LogP contribution is 2.05. The molecule has 0 spiro atoms. The van der Waals surface area contributed by atoms with Crippen LogP contribution in [0.15, 0.2) is 0 Å². The molecule has 0 fully saturated rings. The molecule has 0 aromatic heterocycles. The maximum Gasteiger partial charge on any atom is 0.325 e. The number of unbranched alkanes of at least 4 members (excludes halogenated alkanes) is 1. The Morgan fingerprint density at radius 2 is 1.93 bits per heavy atom. The molecule has 14 heavy (non-hydrogen) atoms. The highest BCUT2D eigenvalue weighted by molar-refractivity contribution is 5.79. The Labute approximate surface area is 87.2 Å². The molecule has 0 aromatic rings. The highest BCUT2D eigenvalue weighted by Gasteiger charge is 2.27. The topological polar surface area (TPSA) is 38.3 Å². The molecule has 0 rings (SSSR count). The third-order valence-corrected chi connectivity index (χ3v) is 2.06. The molecule has 0 aliphatic heterocycles. The van der Waals surface area contributed by atoms with Crippen LogP contribution in [0.25, 0.3) is 0 Å². The molecule has 0 radical (unpaired) electrons. The summed E-state index contributed by atoms with van der Waals surface area (Å²) in [5, 5.41) is 3.16. The fourth-order valence-corrected chi connectivity index (χ4v) is 0.999. The number of esters is 1.